The Morgan fingerprint density at radius 2 is 2.07 bits per heavy atom. The monoisotopic (exact) mass is 207 g/mol. The van der Waals surface area contributed by atoms with Crippen LogP contribution in [-0.2, 0) is 0 Å². The molecule has 1 unspecified atom stereocenters. The highest BCUT2D eigenvalue weighted by Crippen LogP contribution is 2.20. The van der Waals surface area contributed by atoms with Gasteiger partial charge in [0.25, 0.3) is 0 Å². The van der Waals surface area contributed by atoms with Crippen molar-refractivity contribution >= 4 is 0 Å². The van der Waals surface area contributed by atoms with Crippen molar-refractivity contribution in [3.8, 4) is 12.3 Å². The molecule has 0 amide bonds. The van der Waals surface area contributed by atoms with Crippen LogP contribution in [0.2, 0.25) is 0 Å². The molecular weight excluding hydrogens is 191 g/mol. The molecule has 0 aliphatic heterocycles. The van der Waals surface area contributed by atoms with Gasteiger partial charge in [0, 0.05) is 6.42 Å². The van der Waals surface area contributed by atoms with Gasteiger partial charge in [0.2, 0.25) is 0 Å². The predicted octanol–water partition coefficient (Wildman–Crippen LogP) is 2.72. The van der Waals surface area contributed by atoms with Crippen LogP contribution in [0.25, 0.3) is 0 Å². The summed E-state index contributed by atoms with van der Waals surface area (Å²) >= 11 is 0. The van der Waals surface area contributed by atoms with Crippen LogP contribution < -0.4 is 5.32 Å². The van der Waals surface area contributed by atoms with Crippen LogP contribution in [-0.4, -0.2) is 18.8 Å². The minimum absolute atomic E-state index is 0.0887. The molecule has 82 valence electrons. The van der Waals surface area contributed by atoms with Gasteiger partial charge in [0.05, 0.1) is 6.04 Å². The number of terminal acetylenes is 1. The van der Waals surface area contributed by atoms with E-state index >= 15 is 0 Å². The van der Waals surface area contributed by atoms with Gasteiger partial charge in [-0.2, -0.15) is 13.2 Å². The molecule has 0 saturated heterocycles. The van der Waals surface area contributed by atoms with E-state index in [1.165, 1.54) is 0 Å². The van der Waals surface area contributed by atoms with Crippen LogP contribution in [0, 0.1) is 12.3 Å². The maximum atomic E-state index is 11.7. The Hall–Kier alpha value is -0.690. The van der Waals surface area contributed by atoms with Crippen molar-refractivity contribution < 1.29 is 13.2 Å². The molecule has 1 N–H and O–H groups in total. The van der Waals surface area contributed by atoms with Gasteiger partial charge in [-0.15, -0.1) is 6.42 Å². The molecule has 0 spiro atoms. The van der Waals surface area contributed by atoms with Crippen molar-refractivity contribution in [2.75, 3.05) is 6.54 Å². The molecule has 0 aliphatic carbocycles. The zero-order chi connectivity index (χ0) is 11.0. The van der Waals surface area contributed by atoms with Crippen LogP contribution in [0.1, 0.15) is 32.6 Å². The van der Waals surface area contributed by atoms with Gasteiger partial charge in [0.15, 0.2) is 0 Å². The molecular formula is C10H16F3N. The van der Waals surface area contributed by atoms with Gasteiger partial charge in [-0.25, -0.2) is 0 Å². The van der Waals surface area contributed by atoms with Crippen molar-refractivity contribution in [2.24, 2.45) is 0 Å². The van der Waals surface area contributed by atoms with E-state index in [0.717, 1.165) is 12.8 Å². The van der Waals surface area contributed by atoms with E-state index in [-0.39, 0.29) is 12.5 Å². The van der Waals surface area contributed by atoms with Gasteiger partial charge < -0.3 is 5.32 Å². The third kappa shape index (κ3) is 7.93. The van der Waals surface area contributed by atoms with Crippen molar-refractivity contribution in [2.45, 2.75) is 44.8 Å². The minimum Gasteiger partial charge on any atom is -0.304 e. The van der Waals surface area contributed by atoms with E-state index in [1.54, 1.807) is 0 Å². The van der Waals surface area contributed by atoms with Crippen molar-refractivity contribution in [3.05, 3.63) is 0 Å². The van der Waals surface area contributed by atoms with Gasteiger partial charge in [0.1, 0.15) is 0 Å². The highest BCUT2D eigenvalue weighted by Gasteiger charge is 2.25. The van der Waals surface area contributed by atoms with Crippen molar-refractivity contribution in [3.63, 3.8) is 0 Å². The third-order valence-corrected chi connectivity index (χ3v) is 1.81. The van der Waals surface area contributed by atoms with E-state index in [0.29, 0.717) is 6.54 Å². The van der Waals surface area contributed by atoms with Gasteiger partial charge in [-0.3, -0.25) is 0 Å². The lowest BCUT2D eigenvalue weighted by Crippen LogP contribution is -2.29. The fraction of sp³-hybridized carbons (Fsp3) is 0.800. The maximum absolute atomic E-state index is 11.7. The summed E-state index contributed by atoms with van der Waals surface area (Å²) in [5.74, 6) is 2.51. The highest BCUT2D eigenvalue weighted by atomic mass is 19.4. The SMILES string of the molecule is C#CC(CCC)NCCCC(F)(F)F. The first kappa shape index (κ1) is 13.3. The molecule has 0 aromatic rings. The Labute approximate surface area is 83.1 Å². The molecule has 0 aromatic heterocycles. The third-order valence-electron chi connectivity index (χ3n) is 1.81. The summed E-state index contributed by atoms with van der Waals surface area (Å²) < 4.78 is 35.2. The molecule has 1 atom stereocenters. The number of hydrogen-bond acceptors (Lipinski definition) is 1. The van der Waals surface area contributed by atoms with E-state index in [1.807, 2.05) is 6.92 Å². The van der Waals surface area contributed by atoms with E-state index in [2.05, 4.69) is 11.2 Å². The van der Waals surface area contributed by atoms with Crippen LogP contribution in [0.5, 0.6) is 0 Å². The Kier molecular flexibility index (Phi) is 6.39. The van der Waals surface area contributed by atoms with Gasteiger partial charge in [-0.1, -0.05) is 19.3 Å². The van der Waals surface area contributed by atoms with Crippen molar-refractivity contribution in [1.82, 2.24) is 5.32 Å². The van der Waals surface area contributed by atoms with Crippen LogP contribution in [0.15, 0.2) is 0 Å². The summed E-state index contributed by atoms with van der Waals surface area (Å²) in [6.45, 7) is 2.32. The minimum atomic E-state index is -4.06. The average molecular weight is 207 g/mol. The van der Waals surface area contributed by atoms with Crippen molar-refractivity contribution in [1.29, 1.82) is 0 Å². The van der Waals surface area contributed by atoms with Crippen LogP contribution in [0.4, 0.5) is 13.2 Å². The number of hydrogen-bond donors (Lipinski definition) is 1. The molecule has 0 bridgehead atoms. The lowest BCUT2D eigenvalue weighted by Gasteiger charge is -2.12. The second-order valence-corrected chi connectivity index (χ2v) is 3.18. The normalized spacial score (nSPS) is 13.6. The summed E-state index contributed by atoms with van der Waals surface area (Å²) in [7, 11) is 0. The standard InChI is InChI=1S/C10H16F3N/c1-3-6-9(4-2)14-8-5-7-10(11,12)13/h2,9,14H,3,5-8H2,1H3. The Morgan fingerprint density at radius 1 is 1.43 bits per heavy atom. The molecule has 0 fully saturated rings. The number of halogens is 3. The van der Waals surface area contributed by atoms with E-state index < -0.39 is 12.6 Å². The zero-order valence-corrected chi connectivity index (χ0v) is 8.32. The predicted molar refractivity (Wildman–Crippen MR) is 50.8 cm³/mol. The van der Waals surface area contributed by atoms with Gasteiger partial charge >= 0.3 is 6.18 Å². The molecule has 0 rings (SSSR count). The van der Waals surface area contributed by atoms with Crippen LogP contribution in [0.3, 0.4) is 0 Å². The van der Waals surface area contributed by atoms with E-state index in [4.69, 9.17) is 6.42 Å². The quantitative estimate of drug-likeness (QED) is 0.521. The Bertz CT molecular complexity index is 181. The highest BCUT2D eigenvalue weighted by molar-refractivity contribution is 4.98. The summed E-state index contributed by atoms with van der Waals surface area (Å²) in [5, 5.41) is 2.91. The summed E-state index contributed by atoms with van der Waals surface area (Å²) in [4.78, 5) is 0. The summed E-state index contributed by atoms with van der Waals surface area (Å²) in [6, 6.07) is -0.0896. The first-order chi connectivity index (χ1) is 6.49. The first-order valence-corrected chi connectivity index (χ1v) is 4.76. The summed E-state index contributed by atoms with van der Waals surface area (Å²) in [5.41, 5.74) is 0. The molecule has 0 saturated carbocycles. The summed E-state index contributed by atoms with van der Waals surface area (Å²) in [6.07, 6.45) is 2.22. The average Bonchev–Trinajstić information content (AvgIpc) is 2.08. The molecule has 1 nitrogen and oxygen atoms in total. The van der Waals surface area contributed by atoms with Gasteiger partial charge in [-0.05, 0) is 19.4 Å². The molecule has 0 radical (unpaired) electrons. The molecule has 0 aliphatic rings. The van der Waals surface area contributed by atoms with E-state index in [9.17, 15) is 13.2 Å². The lowest BCUT2D eigenvalue weighted by molar-refractivity contribution is -0.135. The number of nitrogens with one attached hydrogen (secondary N) is 1. The topological polar surface area (TPSA) is 12.0 Å². The second kappa shape index (κ2) is 6.72. The largest absolute Gasteiger partial charge is 0.389 e. The zero-order valence-electron chi connectivity index (χ0n) is 8.32. The molecule has 0 heterocycles. The Morgan fingerprint density at radius 3 is 2.50 bits per heavy atom. The fourth-order valence-electron chi connectivity index (χ4n) is 1.10. The Balaban J connectivity index is 3.48. The number of alkyl halides is 3. The second-order valence-electron chi connectivity index (χ2n) is 3.18. The number of rotatable bonds is 6. The first-order valence-electron chi connectivity index (χ1n) is 4.76. The maximum Gasteiger partial charge on any atom is 0.389 e. The molecule has 14 heavy (non-hydrogen) atoms. The smallest absolute Gasteiger partial charge is 0.304 e. The molecule has 0 aromatic carbocycles. The fourth-order valence-corrected chi connectivity index (χ4v) is 1.10. The molecule has 4 heteroatoms. The van der Waals surface area contributed by atoms with Crippen LogP contribution >= 0.6 is 0 Å². The lowest BCUT2D eigenvalue weighted by atomic mass is 10.1.